The molecule has 1 atom stereocenters. The first-order chi connectivity index (χ1) is 15.7. The normalized spacial score (nSPS) is 21.8. The van der Waals surface area contributed by atoms with Gasteiger partial charge in [0.05, 0.1) is 24.2 Å². The van der Waals surface area contributed by atoms with Gasteiger partial charge in [0.15, 0.2) is 5.78 Å². The fourth-order valence-corrected chi connectivity index (χ4v) is 5.37. The van der Waals surface area contributed by atoms with Crippen molar-refractivity contribution in [3.63, 3.8) is 0 Å². The zero-order valence-corrected chi connectivity index (χ0v) is 18.4. The highest BCUT2D eigenvalue weighted by Gasteiger charge is 2.39. The van der Waals surface area contributed by atoms with Gasteiger partial charge < -0.3 is 20.0 Å². The molecule has 5 rings (SSSR count). The van der Waals surface area contributed by atoms with Crippen molar-refractivity contribution in [2.45, 2.75) is 69.9 Å². The lowest BCUT2D eigenvalue weighted by Crippen LogP contribution is -2.44. The Hall–Kier alpha value is -3.02. The first-order valence-electron chi connectivity index (χ1n) is 11.9. The van der Waals surface area contributed by atoms with Gasteiger partial charge in [-0.25, -0.2) is 0 Å². The third-order valence-corrected chi connectivity index (χ3v) is 6.89. The Morgan fingerprint density at radius 2 is 1.84 bits per heavy atom. The van der Waals surface area contributed by atoms with Gasteiger partial charge in [-0.05, 0) is 49.9 Å². The van der Waals surface area contributed by atoms with Gasteiger partial charge >= 0.3 is 0 Å². The second-order valence-corrected chi connectivity index (χ2v) is 9.11. The lowest BCUT2D eigenvalue weighted by Gasteiger charge is -2.33. The highest BCUT2D eigenvalue weighted by molar-refractivity contribution is 6.01. The van der Waals surface area contributed by atoms with Crippen molar-refractivity contribution in [3.05, 3.63) is 59.7 Å². The highest BCUT2D eigenvalue weighted by atomic mass is 16.3. The number of anilines is 2. The van der Waals surface area contributed by atoms with Gasteiger partial charge in [-0.15, -0.1) is 0 Å². The van der Waals surface area contributed by atoms with E-state index in [1.165, 1.54) is 25.7 Å². The smallest absolute Gasteiger partial charge is 0.239 e. The van der Waals surface area contributed by atoms with E-state index >= 15 is 0 Å². The number of ketones is 1. The number of rotatable bonds is 4. The summed E-state index contributed by atoms with van der Waals surface area (Å²) in [5.74, 6) is 0.811. The SMILES string of the molecule is O=C(CN1c2ccccc2NC2=C(C(=O)CCC2)[C@@H]1c1ccco1)NC1CCCCCC1. The number of nitrogens with zero attached hydrogens (tertiary/aromatic N) is 1. The summed E-state index contributed by atoms with van der Waals surface area (Å²) < 4.78 is 5.83. The lowest BCUT2D eigenvalue weighted by atomic mass is 9.88. The van der Waals surface area contributed by atoms with E-state index in [0.717, 1.165) is 48.3 Å². The van der Waals surface area contributed by atoms with Crippen molar-refractivity contribution < 1.29 is 14.0 Å². The summed E-state index contributed by atoms with van der Waals surface area (Å²) in [7, 11) is 0. The van der Waals surface area contributed by atoms with E-state index in [-0.39, 0.29) is 24.3 Å². The van der Waals surface area contributed by atoms with Crippen LogP contribution < -0.4 is 15.5 Å². The zero-order chi connectivity index (χ0) is 21.9. The fraction of sp³-hybridized carbons (Fsp3) is 0.462. The van der Waals surface area contributed by atoms with Gasteiger partial charge in [0.25, 0.3) is 0 Å². The van der Waals surface area contributed by atoms with Crippen LogP contribution in [0.2, 0.25) is 0 Å². The number of hydrogen-bond acceptors (Lipinski definition) is 5. The summed E-state index contributed by atoms with van der Waals surface area (Å²) in [5, 5.41) is 6.79. The Balaban J connectivity index is 1.52. The summed E-state index contributed by atoms with van der Waals surface area (Å²) in [4.78, 5) is 28.5. The minimum Gasteiger partial charge on any atom is -0.467 e. The summed E-state index contributed by atoms with van der Waals surface area (Å²) in [5.41, 5.74) is 3.50. The Kier molecular flexibility index (Phi) is 6.02. The average molecular weight is 434 g/mol. The molecule has 0 spiro atoms. The number of fused-ring (bicyclic) bond motifs is 1. The van der Waals surface area contributed by atoms with Gasteiger partial charge in [-0.1, -0.05) is 37.8 Å². The zero-order valence-electron chi connectivity index (χ0n) is 18.4. The van der Waals surface area contributed by atoms with Crippen molar-refractivity contribution in [1.82, 2.24) is 5.32 Å². The van der Waals surface area contributed by atoms with Crippen LogP contribution in [0.1, 0.15) is 69.6 Å². The van der Waals surface area contributed by atoms with Gasteiger partial charge in [0.2, 0.25) is 5.91 Å². The fourth-order valence-electron chi connectivity index (χ4n) is 5.37. The number of hydrogen-bond donors (Lipinski definition) is 2. The van der Waals surface area contributed by atoms with E-state index < -0.39 is 6.04 Å². The summed E-state index contributed by atoms with van der Waals surface area (Å²) in [6.07, 6.45) is 10.7. The molecule has 1 saturated carbocycles. The molecule has 1 amide bonds. The Bertz CT molecular complexity index is 1000. The molecule has 2 aliphatic carbocycles. The molecule has 32 heavy (non-hydrogen) atoms. The van der Waals surface area contributed by atoms with E-state index in [1.54, 1.807) is 6.26 Å². The molecule has 1 aromatic heterocycles. The number of Topliss-reactive ketones (excluding diaryl/α,β-unsaturated/α-hetero) is 1. The molecular weight excluding hydrogens is 402 g/mol. The van der Waals surface area contributed by atoms with Crippen molar-refractivity contribution >= 4 is 23.1 Å². The van der Waals surface area contributed by atoms with Crippen LogP contribution in [0.25, 0.3) is 0 Å². The quantitative estimate of drug-likeness (QED) is 0.656. The molecule has 2 N–H and O–H groups in total. The van der Waals surface area contributed by atoms with Gasteiger partial charge in [0.1, 0.15) is 11.8 Å². The molecule has 6 nitrogen and oxygen atoms in total. The van der Waals surface area contributed by atoms with E-state index in [0.29, 0.717) is 12.2 Å². The standard InChI is InChI=1S/C26H31N3O3/c30-22-14-7-12-20-25(22)26(23-15-8-16-32-23)29(21-13-6-5-11-19(21)28-20)17-24(31)27-18-9-3-1-2-4-10-18/h5-6,8,11,13,15-16,18,26,28H,1-4,7,9-10,12,14,17H2,(H,27,31)/t26-/m0/s1. The minimum atomic E-state index is -0.427. The number of allylic oxidation sites excluding steroid dienone is 1. The Labute approximate surface area is 189 Å². The first-order valence-corrected chi connectivity index (χ1v) is 11.9. The second-order valence-electron chi connectivity index (χ2n) is 9.11. The molecule has 0 bridgehead atoms. The van der Waals surface area contributed by atoms with Crippen molar-refractivity contribution in [2.75, 3.05) is 16.8 Å². The minimum absolute atomic E-state index is 0.00410. The molecule has 0 unspecified atom stereocenters. The van der Waals surface area contributed by atoms with Crippen LogP contribution in [-0.2, 0) is 9.59 Å². The van der Waals surface area contributed by atoms with Crippen LogP contribution in [0.5, 0.6) is 0 Å². The first kappa shape index (κ1) is 20.9. The Morgan fingerprint density at radius 1 is 1.03 bits per heavy atom. The van der Waals surface area contributed by atoms with Crippen molar-refractivity contribution in [3.8, 4) is 0 Å². The molecule has 168 valence electrons. The number of furan rings is 1. The molecule has 6 heteroatoms. The second kappa shape index (κ2) is 9.23. The maximum atomic E-state index is 13.3. The third-order valence-electron chi connectivity index (χ3n) is 6.89. The van der Waals surface area contributed by atoms with Crippen LogP contribution >= 0.6 is 0 Å². The molecule has 1 aromatic carbocycles. The summed E-state index contributed by atoms with van der Waals surface area (Å²) >= 11 is 0. The van der Waals surface area contributed by atoms with Crippen LogP contribution in [0.4, 0.5) is 11.4 Å². The molecule has 0 saturated heterocycles. The van der Waals surface area contributed by atoms with Gasteiger partial charge in [-0.2, -0.15) is 0 Å². The number of nitrogens with one attached hydrogen (secondary N) is 2. The monoisotopic (exact) mass is 433 g/mol. The number of para-hydroxylation sites is 2. The molecule has 2 aromatic rings. The topological polar surface area (TPSA) is 74.6 Å². The van der Waals surface area contributed by atoms with Crippen molar-refractivity contribution in [1.29, 1.82) is 0 Å². The molecule has 1 fully saturated rings. The molecule has 2 heterocycles. The predicted octanol–water partition coefficient (Wildman–Crippen LogP) is 5.10. The highest BCUT2D eigenvalue weighted by Crippen LogP contribution is 2.44. The number of amides is 1. The van der Waals surface area contributed by atoms with Gasteiger partial charge in [-0.3, -0.25) is 9.59 Å². The van der Waals surface area contributed by atoms with E-state index in [9.17, 15) is 9.59 Å². The number of benzene rings is 1. The van der Waals surface area contributed by atoms with E-state index in [1.807, 2.05) is 41.3 Å². The molecule has 1 aliphatic heterocycles. The molecular formula is C26H31N3O3. The van der Waals surface area contributed by atoms with Crippen LogP contribution in [0, 0.1) is 0 Å². The third kappa shape index (κ3) is 4.18. The van der Waals surface area contributed by atoms with Crippen LogP contribution in [0.15, 0.2) is 58.3 Å². The number of carbonyl (C=O) groups is 2. The van der Waals surface area contributed by atoms with E-state index in [4.69, 9.17) is 4.42 Å². The summed E-state index contributed by atoms with van der Waals surface area (Å²) in [6.45, 7) is 0.171. The number of carbonyl (C=O) groups excluding carboxylic acids is 2. The lowest BCUT2D eigenvalue weighted by molar-refractivity contribution is -0.121. The molecule has 3 aliphatic rings. The van der Waals surface area contributed by atoms with Crippen LogP contribution in [0.3, 0.4) is 0 Å². The van der Waals surface area contributed by atoms with Crippen molar-refractivity contribution in [2.24, 2.45) is 0 Å². The van der Waals surface area contributed by atoms with Crippen LogP contribution in [-0.4, -0.2) is 24.3 Å². The maximum Gasteiger partial charge on any atom is 0.239 e. The maximum absolute atomic E-state index is 13.3. The summed E-state index contributed by atoms with van der Waals surface area (Å²) in [6, 6.07) is 11.5. The van der Waals surface area contributed by atoms with Gasteiger partial charge in [0, 0.05) is 23.7 Å². The largest absolute Gasteiger partial charge is 0.467 e. The predicted molar refractivity (Wildman–Crippen MR) is 124 cm³/mol. The van der Waals surface area contributed by atoms with E-state index in [2.05, 4.69) is 10.6 Å². The molecule has 0 radical (unpaired) electrons. The Morgan fingerprint density at radius 3 is 2.62 bits per heavy atom. The average Bonchev–Trinajstić information content (AvgIpc) is 3.13.